The first-order valence-corrected chi connectivity index (χ1v) is 15.9. The Morgan fingerprint density at radius 1 is 0.542 bits per heavy atom. The van der Waals surface area contributed by atoms with Gasteiger partial charge in [-0.15, -0.1) is 0 Å². The first kappa shape index (κ1) is 25.4. The highest BCUT2D eigenvalue weighted by Crippen LogP contribution is 2.47. The van der Waals surface area contributed by atoms with Gasteiger partial charge in [-0.1, -0.05) is 97.1 Å². The Bertz CT molecular complexity index is 3180. The van der Waals surface area contributed by atoms with Gasteiger partial charge in [-0.3, -0.25) is 4.57 Å². The van der Waals surface area contributed by atoms with E-state index in [4.69, 9.17) is 21.5 Å². The molecule has 0 unspecified atom stereocenters. The van der Waals surface area contributed by atoms with Crippen LogP contribution in [0.3, 0.4) is 0 Å². The normalized spacial score (nSPS) is 12.1. The van der Waals surface area contributed by atoms with Crippen molar-refractivity contribution in [1.29, 1.82) is 0 Å². The molecule has 0 saturated heterocycles. The van der Waals surface area contributed by atoms with Gasteiger partial charge in [0.15, 0.2) is 11.3 Å². The standard InChI is InChI=1S/C42H22N6/c1-43-26-19-16-25(17-20-26)38-31-13-8-22-44-41(31)46-42(45-38)48-35-23-32-28-11-4-6-14-33(28)47-34-15-7-5-12-29(34)37(40(32)47)36(35)30-21-18-24-9-2-3-10-27(24)39(30)48/h2-23H. The molecule has 6 aromatic carbocycles. The lowest BCUT2D eigenvalue weighted by molar-refractivity contribution is 1.01. The van der Waals surface area contributed by atoms with E-state index >= 15 is 0 Å². The Morgan fingerprint density at radius 3 is 2.10 bits per heavy atom. The van der Waals surface area contributed by atoms with E-state index in [-0.39, 0.29) is 0 Å². The minimum Gasteiger partial charge on any atom is -0.308 e. The summed E-state index contributed by atoms with van der Waals surface area (Å²) in [7, 11) is 0. The van der Waals surface area contributed by atoms with E-state index in [0.29, 0.717) is 17.3 Å². The summed E-state index contributed by atoms with van der Waals surface area (Å²) in [5, 5.41) is 10.4. The lowest BCUT2D eigenvalue weighted by atomic mass is 10.0. The van der Waals surface area contributed by atoms with Crippen LogP contribution in [-0.2, 0) is 0 Å². The molecule has 0 spiro atoms. The molecule has 220 valence electrons. The quantitative estimate of drug-likeness (QED) is 0.183. The van der Waals surface area contributed by atoms with Crippen LogP contribution in [0.1, 0.15) is 0 Å². The van der Waals surface area contributed by atoms with Gasteiger partial charge in [-0.2, -0.15) is 4.98 Å². The van der Waals surface area contributed by atoms with Crippen LogP contribution in [0.2, 0.25) is 0 Å². The van der Waals surface area contributed by atoms with Crippen molar-refractivity contribution in [1.82, 2.24) is 23.9 Å². The molecule has 11 rings (SSSR count). The van der Waals surface area contributed by atoms with Crippen molar-refractivity contribution in [3.63, 3.8) is 0 Å². The van der Waals surface area contributed by atoms with E-state index in [9.17, 15) is 0 Å². The van der Waals surface area contributed by atoms with Crippen LogP contribution < -0.4 is 0 Å². The van der Waals surface area contributed by atoms with Gasteiger partial charge in [0, 0.05) is 49.3 Å². The van der Waals surface area contributed by atoms with E-state index in [2.05, 4.69) is 105 Å². The van der Waals surface area contributed by atoms with Crippen molar-refractivity contribution in [3.8, 4) is 17.2 Å². The molecule has 0 bridgehead atoms. The fraction of sp³-hybridized carbons (Fsp3) is 0. The fourth-order valence-electron chi connectivity index (χ4n) is 7.94. The summed E-state index contributed by atoms with van der Waals surface area (Å²) in [5.41, 5.74) is 8.65. The molecule has 6 nitrogen and oxygen atoms in total. The maximum atomic E-state index is 7.46. The summed E-state index contributed by atoms with van der Waals surface area (Å²) < 4.78 is 4.68. The van der Waals surface area contributed by atoms with Crippen molar-refractivity contribution < 1.29 is 0 Å². The molecule has 6 heteroatoms. The monoisotopic (exact) mass is 610 g/mol. The summed E-state index contributed by atoms with van der Waals surface area (Å²) in [5.74, 6) is 0.559. The summed E-state index contributed by atoms with van der Waals surface area (Å²) in [4.78, 5) is 18.9. The zero-order valence-electron chi connectivity index (χ0n) is 25.4. The molecular formula is C42H22N6. The SMILES string of the molecule is [C-]#[N+]c1ccc(-c2nc(-n3c4cc5c6ccccc6n6c7ccccc7c(c4c4ccc7ccccc7c43)c56)nc3ncccc23)cc1. The fourth-order valence-corrected chi connectivity index (χ4v) is 7.94. The lowest BCUT2D eigenvalue weighted by Gasteiger charge is -2.12. The summed E-state index contributed by atoms with van der Waals surface area (Å²) >= 11 is 0. The average molecular weight is 611 g/mol. The third-order valence-electron chi connectivity index (χ3n) is 9.92. The number of rotatable bonds is 2. The smallest absolute Gasteiger partial charge is 0.237 e. The Balaban J connectivity index is 1.39. The number of para-hydroxylation sites is 2. The van der Waals surface area contributed by atoms with E-state index in [1.807, 2.05) is 36.4 Å². The van der Waals surface area contributed by atoms with E-state index in [0.717, 1.165) is 43.8 Å². The van der Waals surface area contributed by atoms with Crippen molar-refractivity contribution in [2.75, 3.05) is 0 Å². The predicted molar refractivity (Wildman–Crippen MR) is 196 cm³/mol. The Labute approximate surface area is 272 Å². The van der Waals surface area contributed by atoms with E-state index in [1.165, 1.54) is 43.5 Å². The number of hydrogen-bond donors (Lipinski definition) is 0. The molecule has 0 aliphatic heterocycles. The first-order chi connectivity index (χ1) is 23.8. The third kappa shape index (κ3) is 3.17. The summed E-state index contributed by atoms with van der Waals surface area (Å²) in [6.07, 6.45) is 1.78. The molecule has 0 amide bonds. The topological polar surface area (TPSA) is 52.4 Å². The van der Waals surface area contributed by atoms with Gasteiger partial charge in [0.1, 0.15) is 0 Å². The second-order valence-electron chi connectivity index (χ2n) is 12.3. The third-order valence-corrected chi connectivity index (χ3v) is 9.92. The van der Waals surface area contributed by atoms with Crippen LogP contribution in [-0.4, -0.2) is 23.9 Å². The molecular weight excluding hydrogens is 589 g/mol. The van der Waals surface area contributed by atoms with Gasteiger partial charge in [-0.25, -0.2) is 14.8 Å². The Hall–Kier alpha value is -6.84. The summed E-state index contributed by atoms with van der Waals surface area (Å²) in [6.45, 7) is 7.46. The second kappa shape index (κ2) is 9.12. The molecule has 0 fully saturated rings. The lowest BCUT2D eigenvalue weighted by Crippen LogP contribution is -2.04. The molecule has 0 aliphatic rings. The number of benzene rings is 6. The van der Waals surface area contributed by atoms with Crippen molar-refractivity contribution >= 4 is 87.4 Å². The van der Waals surface area contributed by atoms with Crippen LogP contribution in [0, 0.1) is 6.57 Å². The van der Waals surface area contributed by atoms with Gasteiger partial charge in [0.25, 0.3) is 0 Å². The van der Waals surface area contributed by atoms with Crippen molar-refractivity contribution in [2.45, 2.75) is 0 Å². The minimum atomic E-state index is 0.559. The highest BCUT2D eigenvalue weighted by molar-refractivity contribution is 6.37. The van der Waals surface area contributed by atoms with Gasteiger partial charge in [0.05, 0.1) is 39.8 Å². The van der Waals surface area contributed by atoms with Gasteiger partial charge in [-0.05, 0) is 41.3 Å². The zero-order valence-corrected chi connectivity index (χ0v) is 25.4. The van der Waals surface area contributed by atoms with Gasteiger partial charge >= 0.3 is 0 Å². The predicted octanol–water partition coefficient (Wildman–Crippen LogP) is 10.6. The zero-order chi connectivity index (χ0) is 31.5. The van der Waals surface area contributed by atoms with Crippen LogP contribution in [0.15, 0.2) is 134 Å². The number of pyridine rings is 1. The molecule has 0 saturated carbocycles. The van der Waals surface area contributed by atoms with E-state index in [1.54, 1.807) is 6.20 Å². The maximum absolute atomic E-state index is 7.46. The Morgan fingerprint density at radius 2 is 1.27 bits per heavy atom. The highest BCUT2D eigenvalue weighted by atomic mass is 15.2. The number of nitrogens with zero attached hydrogens (tertiary/aromatic N) is 6. The molecule has 0 atom stereocenters. The minimum absolute atomic E-state index is 0.559. The van der Waals surface area contributed by atoms with Crippen LogP contribution in [0.25, 0.3) is 104 Å². The van der Waals surface area contributed by atoms with Crippen LogP contribution in [0.4, 0.5) is 5.69 Å². The molecule has 11 aromatic rings. The molecule has 0 N–H and O–H groups in total. The maximum Gasteiger partial charge on any atom is 0.237 e. The number of aromatic nitrogens is 5. The highest BCUT2D eigenvalue weighted by Gasteiger charge is 2.26. The summed E-state index contributed by atoms with van der Waals surface area (Å²) in [6, 6.07) is 44.3. The van der Waals surface area contributed by atoms with Crippen LogP contribution >= 0.6 is 0 Å². The molecule has 48 heavy (non-hydrogen) atoms. The molecule has 0 radical (unpaired) electrons. The molecule has 5 heterocycles. The van der Waals surface area contributed by atoms with Gasteiger partial charge < -0.3 is 4.40 Å². The van der Waals surface area contributed by atoms with E-state index < -0.39 is 0 Å². The van der Waals surface area contributed by atoms with Crippen molar-refractivity contribution in [3.05, 3.63) is 145 Å². The average Bonchev–Trinajstić information content (AvgIpc) is 3.79. The first-order valence-electron chi connectivity index (χ1n) is 15.9. The molecule has 5 aromatic heterocycles. The number of fused-ring (bicyclic) bond motifs is 13. The van der Waals surface area contributed by atoms with Gasteiger partial charge in [0.2, 0.25) is 5.95 Å². The number of hydrogen-bond acceptors (Lipinski definition) is 3. The molecule has 0 aliphatic carbocycles. The second-order valence-corrected chi connectivity index (χ2v) is 12.3. The largest absolute Gasteiger partial charge is 0.308 e. The van der Waals surface area contributed by atoms with Crippen molar-refractivity contribution in [2.24, 2.45) is 0 Å². The Kier molecular flexibility index (Phi) is 4.82. The van der Waals surface area contributed by atoms with Crippen LogP contribution in [0.5, 0.6) is 0 Å².